The van der Waals surface area contributed by atoms with Crippen LogP contribution in [0.1, 0.15) is 18.4 Å². The molecule has 4 nitrogen and oxygen atoms in total. The molecule has 0 atom stereocenters. The van der Waals surface area contributed by atoms with Gasteiger partial charge in [0.15, 0.2) is 6.61 Å². The third kappa shape index (κ3) is 3.99. The monoisotopic (exact) mass is 313 g/mol. The highest BCUT2D eigenvalue weighted by atomic mass is 79.9. The third-order valence-corrected chi connectivity index (χ3v) is 3.53. The van der Waals surface area contributed by atoms with Gasteiger partial charge in [-0.25, -0.2) is 4.79 Å². The first kappa shape index (κ1) is 13.4. The summed E-state index contributed by atoms with van der Waals surface area (Å²) in [5.74, 6) is 0.298. The van der Waals surface area contributed by atoms with Crippen molar-refractivity contribution in [2.24, 2.45) is 0 Å². The molecule has 0 heterocycles. The van der Waals surface area contributed by atoms with E-state index in [0.29, 0.717) is 11.8 Å². The Balaban J connectivity index is 1.93. The fourth-order valence-electron chi connectivity index (χ4n) is 1.52. The molecule has 1 fully saturated rings. The van der Waals surface area contributed by atoms with E-state index >= 15 is 0 Å². The number of esters is 1. The Bertz CT molecular complexity index is 432. The number of hydrogen-bond acceptors (Lipinski definition) is 4. The van der Waals surface area contributed by atoms with Crippen molar-refractivity contribution in [1.82, 2.24) is 5.32 Å². The molecule has 0 spiro atoms. The number of carbonyl (C=O) groups excluding carboxylic acids is 1. The van der Waals surface area contributed by atoms with Crippen LogP contribution in [0, 0.1) is 0 Å². The van der Waals surface area contributed by atoms with E-state index in [4.69, 9.17) is 4.74 Å². The van der Waals surface area contributed by atoms with E-state index in [1.54, 1.807) is 0 Å². The lowest BCUT2D eigenvalue weighted by Gasteiger charge is -2.09. The second-order valence-corrected chi connectivity index (χ2v) is 5.13. The molecule has 0 saturated heterocycles. The average Bonchev–Trinajstić information content (AvgIpc) is 3.19. The first-order valence-corrected chi connectivity index (χ1v) is 6.70. The number of ether oxygens (including phenoxy) is 2. The third-order valence-electron chi connectivity index (χ3n) is 2.76. The van der Waals surface area contributed by atoms with Gasteiger partial charge in [0, 0.05) is 17.1 Å². The standard InChI is InChI=1S/C13H16BrNO3/c1-17-13(16)8-18-11-4-5-12(14)9(6-11)7-15-10-2-3-10/h4-6,10,15H,2-3,7-8H2,1H3. The molecular formula is C13H16BrNO3. The minimum Gasteiger partial charge on any atom is -0.482 e. The van der Waals surface area contributed by atoms with Crippen LogP contribution >= 0.6 is 15.9 Å². The normalized spacial score (nSPS) is 14.3. The molecule has 5 heteroatoms. The van der Waals surface area contributed by atoms with E-state index < -0.39 is 0 Å². The molecule has 0 aliphatic heterocycles. The quantitative estimate of drug-likeness (QED) is 0.818. The molecule has 2 rings (SSSR count). The van der Waals surface area contributed by atoms with E-state index in [9.17, 15) is 4.79 Å². The van der Waals surface area contributed by atoms with Crippen LogP contribution in [-0.2, 0) is 16.1 Å². The number of benzene rings is 1. The van der Waals surface area contributed by atoms with Crippen LogP contribution in [0.4, 0.5) is 0 Å². The van der Waals surface area contributed by atoms with Gasteiger partial charge in [0.05, 0.1) is 7.11 Å². The zero-order valence-corrected chi connectivity index (χ0v) is 11.8. The summed E-state index contributed by atoms with van der Waals surface area (Å²) in [6.07, 6.45) is 2.52. The van der Waals surface area contributed by atoms with Crippen molar-refractivity contribution in [3.05, 3.63) is 28.2 Å². The molecule has 0 amide bonds. The van der Waals surface area contributed by atoms with Gasteiger partial charge in [-0.1, -0.05) is 15.9 Å². The molecule has 1 N–H and O–H groups in total. The topological polar surface area (TPSA) is 47.6 Å². The number of nitrogens with one attached hydrogen (secondary N) is 1. The van der Waals surface area contributed by atoms with Crippen molar-refractivity contribution in [2.75, 3.05) is 13.7 Å². The molecule has 0 radical (unpaired) electrons. The SMILES string of the molecule is COC(=O)COc1ccc(Br)c(CNC2CC2)c1. The largest absolute Gasteiger partial charge is 0.482 e. The van der Waals surface area contributed by atoms with Crippen LogP contribution < -0.4 is 10.1 Å². The fourth-order valence-corrected chi connectivity index (χ4v) is 1.91. The second kappa shape index (κ2) is 6.20. The number of methoxy groups -OCH3 is 1. The van der Waals surface area contributed by atoms with Gasteiger partial charge in [-0.2, -0.15) is 0 Å². The predicted molar refractivity (Wildman–Crippen MR) is 71.5 cm³/mol. The first-order valence-electron chi connectivity index (χ1n) is 5.90. The molecular weight excluding hydrogens is 298 g/mol. The fraction of sp³-hybridized carbons (Fsp3) is 0.462. The molecule has 1 aliphatic rings. The minimum atomic E-state index is -0.379. The highest BCUT2D eigenvalue weighted by molar-refractivity contribution is 9.10. The molecule has 0 aromatic heterocycles. The summed E-state index contributed by atoms with van der Waals surface area (Å²) in [4.78, 5) is 11.0. The van der Waals surface area contributed by atoms with Gasteiger partial charge in [0.2, 0.25) is 0 Å². The van der Waals surface area contributed by atoms with Crippen molar-refractivity contribution in [2.45, 2.75) is 25.4 Å². The molecule has 0 unspecified atom stereocenters. The Kier molecular flexibility index (Phi) is 4.60. The highest BCUT2D eigenvalue weighted by Crippen LogP contribution is 2.25. The Labute approximate surface area is 115 Å². The lowest BCUT2D eigenvalue weighted by molar-refractivity contribution is -0.142. The Morgan fingerprint density at radius 3 is 2.94 bits per heavy atom. The molecule has 0 bridgehead atoms. The molecule has 1 aromatic carbocycles. The second-order valence-electron chi connectivity index (χ2n) is 4.27. The zero-order chi connectivity index (χ0) is 13.0. The van der Waals surface area contributed by atoms with Crippen LogP contribution in [0.3, 0.4) is 0 Å². The maximum absolute atomic E-state index is 11.0. The van der Waals surface area contributed by atoms with Crippen molar-refractivity contribution >= 4 is 21.9 Å². The average molecular weight is 314 g/mol. The smallest absolute Gasteiger partial charge is 0.343 e. The first-order chi connectivity index (χ1) is 8.69. The van der Waals surface area contributed by atoms with Crippen LogP contribution in [0.2, 0.25) is 0 Å². The number of rotatable bonds is 6. The zero-order valence-electron chi connectivity index (χ0n) is 10.2. The Morgan fingerprint density at radius 2 is 2.28 bits per heavy atom. The van der Waals surface area contributed by atoms with Gasteiger partial charge in [-0.15, -0.1) is 0 Å². The van der Waals surface area contributed by atoms with Crippen LogP contribution in [0.5, 0.6) is 5.75 Å². The van der Waals surface area contributed by atoms with E-state index in [2.05, 4.69) is 26.0 Å². The van der Waals surface area contributed by atoms with Crippen molar-refractivity contribution in [3.8, 4) is 5.75 Å². The van der Waals surface area contributed by atoms with E-state index in [0.717, 1.165) is 16.6 Å². The van der Waals surface area contributed by atoms with Crippen LogP contribution in [0.25, 0.3) is 0 Å². The van der Waals surface area contributed by atoms with Crippen LogP contribution in [-0.4, -0.2) is 25.7 Å². The number of hydrogen-bond donors (Lipinski definition) is 1. The molecule has 1 saturated carbocycles. The van der Waals surface area contributed by atoms with Crippen molar-refractivity contribution < 1.29 is 14.3 Å². The van der Waals surface area contributed by atoms with Gasteiger partial charge >= 0.3 is 5.97 Å². The van der Waals surface area contributed by atoms with E-state index in [1.165, 1.54) is 20.0 Å². The van der Waals surface area contributed by atoms with Crippen molar-refractivity contribution in [3.63, 3.8) is 0 Å². The van der Waals surface area contributed by atoms with E-state index in [-0.39, 0.29) is 12.6 Å². The lowest BCUT2D eigenvalue weighted by Crippen LogP contribution is -2.16. The summed E-state index contributed by atoms with van der Waals surface area (Å²) in [5, 5.41) is 3.44. The predicted octanol–water partition coefficient (Wildman–Crippen LogP) is 2.25. The molecule has 18 heavy (non-hydrogen) atoms. The van der Waals surface area contributed by atoms with Crippen LogP contribution in [0.15, 0.2) is 22.7 Å². The van der Waals surface area contributed by atoms with Gasteiger partial charge in [-0.3, -0.25) is 0 Å². The molecule has 1 aliphatic carbocycles. The number of carbonyl (C=O) groups is 1. The minimum absolute atomic E-state index is 0.0619. The number of halogens is 1. The summed E-state index contributed by atoms with van der Waals surface area (Å²) in [7, 11) is 1.35. The maximum Gasteiger partial charge on any atom is 0.343 e. The van der Waals surface area contributed by atoms with Gasteiger partial charge < -0.3 is 14.8 Å². The van der Waals surface area contributed by atoms with Gasteiger partial charge in [0.1, 0.15) is 5.75 Å². The molecule has 98 valence electrons. The summed E-state index contributed by atoms with van der Waals surface area (Å²) < 4.78 is 10.9. The summed E-state index contributed by atoms with van der Waals surface area (Å²) in [6, 6.07) is 6.35. The highest BCUT2D eigenvalue weighted by Gasteiger charge is 2.20. The summed E-state index contributed by atoms with van der Waals surface area (Å²) in [6.45, 7) is 0.744. The maximum atomic E-state index is 11.0. The summed E-state index contributed by atoms with van der Waals surface area (Å²) >= 11 is 3.51. The molecule has 1 aromatic rings. The van der Waals surface area contributed by atoms with Crippen molar-refractivity contribution in [1.29, 1.82) is 0 Å². The van der Waals surface area contributed by atoms with E-state index in [1.807, 2.05) is 18.2 Å². The summed E-state index contributed by atoms with van der Waals surface area (Å²) in [5.41, 5.74) is 1.13. The van der Waals surface area contributed by atoms with Gasteiger partial charge in [-0.05, 0) is 36.6 Å². The Morgan fingerprint density at radius 1 is 1.50 bits per heavy atom. The lowest BCUT2D eigenvalue weighted by atomic mass is 10.2. The van der Waals surface area contributed by atoms with Gasteiger partial charge in [0.25, 0.3) is 0 Å². The Hall–Kier alpha value is -1.07.